The molecule has 0 radical (unpaired) electrons. The Bertz CT molecular complexity index is 3420. The molecule has 436 valence electrons. The summed E-state index contributed by atoms with van der Waals surface area (Å²) in [7, 11) is -11.0. The number of fused-ring (bicyclic) bond motifs is 2. The Morgan fingerprint density at radius 1 is 0.829 bits per heavy atom. The highest BCUT2D eigenvalue weighted by Crippen LogP contribution is 2.43. The summed E-state index contributed by atoms with van der Waals surface area (Å²) in [5.41, 5.74) is 0.711. The second-order valence-electron chi connectivity index (χ2n) is 22.9. The molecule has 4 saturated heterocycles. The molecule has 15 nitrogen and oxygen atoms in total. The van der Waals surface area contributed by atoms with E-state index in [-0.39, 0.29) is 41.3 Å². The number of hydrogen-bond donors (Lipinski definition) is 4. The number of hydrogen-bond acceptors (Lipinski definition) is 14. The van der Waals surface area contributed by atoms with Crippen molar-refractivity contribution in [2.75, 3.05) is 73.6 Å². The molecular weight excluding hydrogens is 1130 g/mol. The minimum absolute atomic E-state index is 0.0157. The monoisotopic (exact) mass is 1200 g/mol. The number of carbonyl (C=O) groups is 3. The van der Waals surface area contributed by atoms with E-state index in [1.807, 2.05) is 71.5 Å². The van der Waals surface area contributed by atoms with Crippen molar-refractivity contribution in [2.45, 2.75) is 110 Å². The first kappa shape index (κ1) is 59.2. The summed E-state index contributed by atoms with van der Waals surface area (Å²) in [5.74, 6) is -1.32. The van der Waals surface area contributed by atoms with E-state index in [1.165, 1.54) is 40.6 Å². The average molecular weight is 1200 g/mol. The lowest BCUT2D eigenvalue weighted by Crippen LogP contribution is -2.47. The van der Waals surface area contributed by atoms with Crippen LogP contribution in [0.2, 0.25) is 5.02 Å². The molecule has 0 saturated carbocycles. The van der Waals surface area contributed by atoms with Crippen LogP contribution >= 0.6 is 23.4 Å². The van der Waals surface area contributed by atoms with Crippen molar-refractivity contribution in [2.24, 2.45) is 5.41 Å². The molecule has 1 unspecified atom stereocenters. The van der Waals surface area contributed by atoms with Gasteiger partial charge in [-0.15, -0.1) is 11.8 Å². The number of sulfonamides is 1. The van der Waals surface area contributed by atoms with Gasteiger partial charge in [-0.3, -0.25) is 34.4 Å². The van der Waals surface area contributed by atoms with Gasteiger partial charge in [0.1, 0.15) is 10.9 Å². The Kier molecular flexibility index (Phi) is 17.9. The number of halogens is 4. The predicted octanol–water partition coefficient (Wildman–Crippen LogP) is 9.68. The highest BCUT2D eigenvalue weighted by molar-refractivity contribution is 7.99. The summed E-state index contributed by atoms with van der Waals surface area (Å²) < 4.78 is 99.9. The summed E-state index contributed by atoms with van der Waals surface area (Å²) >= 11 is 7.66. The Hall–Kier alpha value is -5.94. The summed E-state index contributed by atoms with van der Waals surface area (Å²) in [6.07, 6.45) is 5.14. The van der Waals surface area contributed by atoms with Crippen LogP contribution in [-0.2, 0) is 36.0 Å². The third kappa shape index (κ3) is 14.2. The fourth-order valence-electron chi connectivity index (χ4n) is 12.0. The van der Waals surface area contributed by atoms with Crippen LogP contribution in [0.25, 0.3) is 5.57 Å². The molecule has 10 rings (SSSR count). The zero-order chi connectivity index (χ0) is 58.0. The van der Waals surface area contributed by atoms with E-state index in [9.17, 15) is 44.4 Å². The zero-order valence-electron chi connectivity index (χ0n) is 45.8. The topological polar surface area (TPSA) is 181 Å². The largest absolute Gasteiger partial charge is 0.501 e. The maximum Gasteiger partial charge on any atom is 0.501 e. The number of alkyl halides is 3. The van der Waals surface area contributed by atoms with Gasteiger partial charge in [-0.2, -0.15) is 13.2 Å². The summed E-state index contributed by atoms with van der Waals surface area (Å²) in [6.45, 7) is 11.3. The molecule has 0 aromatic heterocycles. The molecular formula is C60H68ClF3N8O7S3. The van der Waals surface area contributed by atoms with Gasteiger partial charge in [-0.1, -0.05) is 73.5 Å². The normalized spacial score (nSPS) is 21.3. The number of sulfone groups is 1. The van der Waals surface area contributed by atoms with Crippen LogP contribution < -0.4 is 25.6 Å². The molecule has 1 aliphatic carbocycles. The summed E-state index contributed by atoms with van der Waals surface area (Å²) in [6, 6.07) is 33.6. The SMILES string of the molecule is CC1(C)CCC(c2ccc(Cl)cc2)=C(CN2CCN(c3ccc(C(=O)NS(=O)(=O)c4ccc(N[C@H](CCN5C[C@H]6C[C@@H]5CN6Cc5cccc(NC6CCC(=O)NC6=O)c5)CSc5ccccc5)c(S(=O)(=O)C(F)(F)F)c4)cc3)CC2)C1. The van der Waals surface area contributed by atoms with Gasteiger partial charge in [0.25, 0.3) is 25.8 Å². The average Bonchev–Trinajstić information content (AvgIpc) is 3.84. The molecule has 0 spiro atoms. The molecule has 5 aromatic carbocycles. The number of nitrogens with one attached hydrogen (secondary N) is 4. The van der Waals surface area contributed by atoms with Crippen LogP contribution in [0.1, 0.15) is 80.3 Å². The smallest absolute Gasteiger partial charge is 0.380 e. The third-order valence-electron chi connectivity index (χ3n) is 16.4. The van der Waals surface area contributed by atoms with Gasteiger partial charge < -0.3 is 15.5 Å². The maximum absolute atomic E-state index is 14.5. The second-order valence-corrected chi connectivity index (χ2v) is 28.0. The first-order chi connectivity index (χ1) is 39.1. The number of thioether (sulfide) groups is 1. The highest BCUT2D eigenvalue weighted by Gasteiger charge is 2.49. The zero-order valence-corrected chi connectivity index (χ0v) is 49.0. The number of imide groups is 1. The van der Waals surface area contributed by atoms with Crippen LogP contribution in [0, 0.1) is 5.41 Å². The van der Waals surface area contributed by atoms with Crippen molar-refractivity contribution >= 4 is 83.6 Å². The van der Waals surface area contributed by atoms with E-state index >= 15 is 0 Å². The molecule has 4 heterocycles. The number of piperidine rings is 1. The predicted molar refractivity (Wildman–Crippen MR) is 315 cm³/mol. The molecule has 82 heavy (non-hydrogen) atoms. The van der Waals surface area contributed by atoms with E-state index in [4.69, 9.17) is 11.6 Å². The first-order valence-corrected chi connectivity index (χ1v) is 32.1. The molecule has 22 heteroatoms. The van der Waals surface area contributed by atoms with Crippen LogP contribution in [0.4, 0.5) is 30.2 Å². The first-order valence-electron chi connectivity index (χ1n) is 27.7. The minimum Gasteiger partial charge on any atom is -0.380 e. The van der Waals surface area contributed by atoms with Gasteiger partial charge in [0, 0.05) is 116 Å². The summed E-state index contributed by atoms with van der Waals surface area (Å²) in [5, 5.41) is 9.41. The molecule has 5 aliphatic rings. The lowest BCUT2D eigenvalue weighted by Gasteiger charge is -2.39. The number of carbonyl (C=O) groups excluding carboxylic acids is 3. The van der Waals surface area contributed by atoms with E-state index < -0.39 is 58.8 Å². The van der Waals surface area contributed by atoms with E-state index in [1.54, 1.807) is 12.1 Å². The van der Waals surface area contributed by atoms with Crippen LogP contribution in [-0.4, -0.2) is 137 Å². The molecule has 5 aromatic rings. The lowest BCUT2D eigenvalue weighted by molar-refractivity contribution is -0.133. The third-order valence-corrected chi connectivity index (χ3v) is 20.7. The molecule has 4 N–H and O–H groups in total. The van der Waals surface area contributed by atoms with Crippen molar-refractivity contribution in [1.29, 1.82) is 0 Å². The maximum atomic E-state index is 14.5. The van der Waals surface area contributed by atoms with Gasteiger partial charge >= 0.3 is 5.51 Å². The quantitative estimate of drug-likeness (QED) is 0.0427. The van der Waals surface area contributed by atoms with E-state index in [0.29, 0.717) is 42.8 Å². The fraction of sp³-hybridized carbons (Fsp3) is 0.417. The molecule has 4 aliphatic heterocycles. The van der Waals surface area contributed by atoms with Gasteiger partial charge in [-0.25, -0.2) is 21.6 Å². The van der Waals surface area contributed by atoms with Crippen LogP contribution in [0.5, 0.6) is 0 Å². The Labute approximate surface area is 487 Å². The Morgan fingerprint density at radius 2 is 1.55 bits per heavy atom. The lowest BCUT2D eigenvalue weighted by atomic mass is 9.73. The Morgan fingerprint density at radius 3 is 2.24 bits per heavy atom. The number of rotatable bonds is 20. The van der Waals surface area contributed by atoms with Crippen LogP contribution in [0.3, 0.4) is 0 Å². The van der Waals surface area contributed by atoms with Crippen molar-refractivity contribution in [3.05, 3.63) is 149 Å². The number of nitrogens with zero attached hydrogens (tertiary/aromatic N) is 4. The molecule has 4 fully saturated rings. The molecule has 2 bridgehead atoms. The number of anilines is 3. The highest BCUT2D eigenvalue weighted by atomic mass is 35.5. The summed E-state index contributed by atoms with van der Waals surface area (Å²) in [4.78, 5) is 45.8. The van der Waals surface area contributed by atoms with Crippen LogP contribution in [0.15, 0.2) is 142 Å². The van der Waals surface area contributed by atoms with Gasteiger partial charge in [0.05, 0.1) is 10.6 Å². The standard InChI is InChI=1S/C60H68ClF3N8O7S3/c1-59(2)25-23-52(41-11-15-44(61)16-12-41)43(34-59)36-69-27-29-70(30-28-69)47-17-13-42(14-18-47)57(74)68-82(78,79)51-19-20-53(55(33-51)81(76,77)60(62,63)64)66-46(39-80-50-9-4-3-5-10-50)24-26-71-37-49-32-48(71)38-72(49)35-40-7-6-8-45(31-40)65-54-21-22-56(73)67-58(54)75/h3-20,31,33,46,48-49,54,65-66H,21-30,32,34-39H2,1-2H3,(H,68,74)(H,67,73,75)/t46-,48-,49-,54?/m1/s1. The van der Waals surface area contributed by atoms with E-state index in [0.717, 1.165) is 105 Å². The fourth-order valence-corrected chi connectivity index (χ4v) is 15.1. The minimum atomic E-state index is -6.12. The number of amides is 3. The molecule has 3 amide bonds. The van der Waals surface area contributed by atoms with E-state index in [2.05, 4.69) is 61.5 Å². The second kappa shape index (κ2) is 24.7. The van der Waals surface area contributed by atoms with Crippen molar-refractivity contribution in [1.82, 2.24) is 24.7 Å². The number of likely N-dealkylation sites (tertiary alicyclic amines) is 2. The Balaban J connectivity index is 0.777. The number of benzene rings is 5. The van der Waals surface area contributed by atoms with Gasteiger partial charge in [0.2, 0.25) is 11.8 Å². The van der Waals surface area contributed by atoms with Crippen molar-refractivity contribution < 1.29 is 44.4 Å². The van der Waals surface area contributed by atoms with Gasteiger partial charge in [-0.05, 0) is 140 Å². The number of piperazine rings is 2. The van der Waals surface area contributed by atoms with Gasteiger partial charge in [0.15, 0.2) is 0 Å². The van der Waals surface area contributed by atoms with Crippen molar-refractivity contribution in [3.63, 3.8) is 0 Å². The van der Waals surface area contributed by atoms with Crippen molar-refractivity contribution in [3.8, 4) is 0 Å². The number of allylic oxidation sites excluding steroid dienone is 1. The molecule has 4 atom stereocenters.